The van der Waals surface area contributed by atoms with Gasteiger partial charge in [0.1, 0.15) is 0 Å². The Bertz CT molecular complexity index is 451. The maximum Gasteiger partial charge on any atom is 0.192 e. The van der Waals surface area contributed by atoms with Gasteiger partial charge in [0.25, 0.3) is 0 Å². The van der Waals surface area contributed by atoms with Crippen molar-refractivity contribution in [1.82, 2.24) is 0 Å². The molecule has 0 fully saturated rings. The molecule has 24 heavy (non-hydrogen) atoms. The fourth-order valence-electron chi connectivity index (χ4n) is 2.66. The van der Waals surface area contributed by atoms with Crippen LogP contribution in [0.3, 0.4) is 0 Å². The molecule has 4 atom stereocenters. The summed E-state index contributed by atoms with van der Waals surface area (Å²) in [5, 5.41) is 19.2. The van der Waals surface area contributed by atoms with Gasteiger partial charge in [-0.05, 0) is 43.8 Å². The normalized spacial score (nSPS) is 24.9. The second-order valence-corrected chi connectivity index (χ2v) is 13.0. The maximum absolute atomic E-state index is 10.3. The summed E-state index contributed by atoms with van der Waals surface area (Å²) in [7, 11) is -1.87. The third-order valence-corrected chi connectivity index (χ3v) is 9.81. The van der Waals surface area contributed by atoms with Crippen molar-refractivity contribution in [2.24, 2.45) is 0 Å². The molecular formula is C19H35NO3Si. The molecule has 0 spiro atoms. The van der Waals surface area contributed by atoms with E-state index in [0.29, 0.717) is 19.3 Å². The van der Waals surface area contributed by atoms with Crippen LogP contribution in [0.2, 0.25) is 18.1 Å². The summed E-state index contributed by atoms with van der Waals surface area (Å²) in [6, 6.07) is 2.09. The van der Waals surface area contributed by atoms with E-state index in [1.54, 1.807) is 0 Å². The van der Waals surface area contributed by atoms with Gasteiger partial charge in [-0.25, -0.2) is 0 Å². The van der Waals surface area contributed by atoms with Crippen LogP contribution in [0.4, 0.5) is 0 Å². The van der Waals surface area contributed by atoms with Gasteiger partial charge in [0.05, 0.1) is 30.5 Å². The lowest BCUT2D eigenvalue weighted by molar-refractivity contribution is -0.109. The van der Waals surface area contributed by atoms with E-state index in [1.807, 2.05) is 0 Å². The summed E-state index contributed by atoms with van der Waals surface area (Å²) < 4.78 is 12.9. The van der Waals surface area contributed by atoms with E-state index in [9.17, 15) is 5.11 Å². The number of nitriles is 1. The molecule has 1 aliphatic heterocycles. The highest BCUT2D eigenvalue weighted by molar-refractivity contribution is 6.74. The molecule has 0 aliphatic carbocycles. The Balaban J connectivity index is 2.81. The molecule has 0 saturated heterocycles. The standard InChI is InChI=1S/C19H35NO3Si/c1-7-16(23-24(5,6)19(2,3)4)18-13-9-8-12-17(22-18)15(21)11-10-14-20/h8-9,15-18,21H,7,10-13H2,1-6H3/t15?,16?,17-,18+/m0/s1. The zero-order valence-corrected chi connectivity index (χ0v) is 17.2. The van der Waals surface area contributed by atoms with E-state index in [0.717, 1.165) is 12.8 Å². The fraction of sp³-hybridized carbons (Fsp3) is 0.842. The van der Waals surface area contributed by atoms with Crippen LogP contribution >= 0.6 is 0 Å². The van der Waals surface area contributed by atoms with Crippen LogP contribution in [0, 0.1) is 11.3 Å². The van der Waals surface area contributed by atoms with Crippen molar-refractivity contribution in [3.05, 3.63) is 12.2 Å². The third-order valence-electron chi connectivity index (χ3n) is 5.30. The molecule has 0 bridgehead atoms. The van der Waals surface area contributed by atoms with Gasteiger partial charge in [-0.3, -0.25) is 0 Å². The van der Waals surface area contributed by atoms with E-state index < -0.39 is 14.4 Å². The first-order chi connectivity index (χ1) is 11.1. The minimum absolute atomic E-state index is 0.0374. The molecule has 5 heteroatoms. The predicted octanol–water partition coefficient (Wildman–Crippen LogP) is 4.56. The Morgan fingerprint density at radius 3 is 2.38 bits per heavy atom. The molecule has 1 rings (SSSR count). The molecule has 0 aromatic carbocycles. The molecule has 0 aromatic rings. The summed E-state index contributed by atoms with van der Waals surface area (Å²) in [4.78, 5) is 0. The first kappa shape index (κ1) is 21.4. The van der Waals surface area contributed by atoms with E-state index in [4.69, 9.17) is 14.4 Å². The van der Waals surface area contributed by atoms with Crippen LogP contribution in [-0.4, -0.2) is 37.8 Å². The topological polar surface area (TPSA) is 62.5 Å². The molecule has 4 nitrogen and oxygen atoms in total. The summed E-state index contributed by atoms with van der Waals surface area (Å²) in [6.07, 6.45) is 6.59. The minimum atomic E-state index is -1.87. The second-order valence-electron chi connectivity index (χ2n) is 8.24. The molecule has 0 amide bonds. The van der Waals surface area contributed by atoms with Crippen LogP contribution < -0.4 is 0 Å². The van der Waals surface area contributed by atoms with Crippen molar-refractivity contribution in [2.45, 2.75) is 102 Å². The Hall–Kier alpha value is -0.673. The lowest BCUT2D eigenvalue weighted by atomic mass is 10.1. The van der Waals surface area contributed by atoms with Gasteiger partial charge in [-0.15, -0.1) is 0 Å². The predicted molar refractivity (Wildman–Crippen MR) is 100 cm³/mol. The van der Waals surface area contributed by atoms with Crippen molar-refractivity contribution < 1.29 is 14.3 Å². The fourth-order valence-corrected chi connectivity index (χ4v) is 4.09. The number of ether oxygens (including phenoxy) is 1. The highest BCUT2D eigenvalue weighted by atomic mass is 28.4. The SMILES string of the molecule is CCC(O[Si](C)(C)C(C)(C)C)[C@H]1CC=CC[C@@H](C(O)CCC#N)O1. The molecule has 0 aromatic heterocycles. The zero-order chi connectivity index (χ0) is 18.4. The Kier molecular flexibility index (Phi) is 8.14. The number of hydrogen-bond donors (Lipinski definition) is 1. The van der Waals surface area contributed by atoms with Crippen molar-refractivity contribution in [1.29, 1.82) is 5.26 Å². The Labute approximate surface area is 149 Å². The minimum Gasteiger partial charge on any atom is -0.411 e. The first-order valence-corrected chi connectivity index (χ1v) is 12.1. The van der Waals surface area contributed by atoms with Gasteiger partial charge in [0.15, 0.2) is 8.32 Å². The molecule has 0 saturated carbocycles. The van der Waals surface area contributed by atoms with Crippen LogP contribution in [-0.2, 0) is 9.16 Å². The number of rotatable bonds is 7. The van der Waals surface area contributed by atoms with Crippen LogP contribution in [0.5, 0.6) is 0 Å². The van der Waals surface area contributed by atoms with Crippen molar-refractivity contribution in [3.8, 4) is 6.07 Å². The summed E-state index contributed by atoms with van der Waals surface area (Å²) in [6.45, 7) is 13.4. The van der Waals surface area contributed by atoms with Crippen molar-refractivity contribution >= 4 is 8.32 Å². The van der Waals surface area contributed by atoms with Gasteiger partial charge in [0, 0.05) is 6.42 Å². The average molecular weight is 354 g/mol. The van der Waals surface area contributed by atoms with Gasteiger partial charge >= 0.3 is 0 Å². The van der Waals surface area contributed by atoms with E-state index in [-0.39, 0.29) is 23.4 Å². The summed E-state index contributed by atoms with van der Waals surface area (Å²) in [5.74, 6) is 0. The molecule has 138 valence electrons. The lowest BCUT2D eigenvalue weighted by Crippen LogP contribution is -2.48. The zero-order valence-electron chi connectivity index (χ0n) is 16.2. The Morgan fingerprint density at radius 2 is 1.88 bits per heavy atom. The second kappa shape index (κ2) is 9.14. The highest BCUT2D eigenvalue weighted by Crippen LogP contribution is 2.38. The van der Waals surface area contributed by atoms with Crippen molar-refractivity contribution in [3.63, 3.8) is 0 Å². The number of aliphatic hydroxyl groups is 1. The van der Waals surface area contributed by atoms with E-state index in [2.05, 4.69) is 59.0 Å². The molecular weight excluding hydrogens is 318 g/mol. The molecule has 1 N–H and O–H groups in total. The number of nitrogens with zero attached hydrogens (tertiary/aromatic N) is 1. The van der Waals surface area contributed by atoms with Gasteiger partial charge in [0.2, 0.25) is 0 Å². The molecule has 1 heterocycles. The first-order valence-electron chi connectivity index (χ1n) is 9.15. The molecule has 2 unspecified atom stereocenters. The van der Waals surface area contributed by atoms with Gasteiger partial charge < -0.3 is 14.3 Å². The monoisotopic (exact) mass is 353 g/mol. The van der Waals surface area contributed by atoms with Gasteiger partial charge in [-0.2, -0.15) is 5.26 Å². The lowest BCUT2D eigenvalue weighted by Gasteiger charge is -2.41. The van der Waals surface area contributed by atoms with Crippen LogP contribution in [0.25, 0.3) is 0 Å². The van der Waals surface area contributed by atoms with Gasteiger partial charge in [-0.1, -0.05) is 39.8 Å². The van der Waals surface area contributed by atoms with Crippen LogP contribution in [0.1, 0.15) is 59.8 Å². The van der Waals surface area contributed by atoms with E-state index >= 15 is 0 Å². The smallest absolute Gasteiger partial charge is 0.192 e. The van der Waals surface area contributed by atoms with Crippen molar-refractivity contribution in [2.75, 3.05) is 0 Å². The Morgan fingerprint density at radius 1 is 1.29 bits per heavy atom. The maximum atomic E-state index is 10.3. The largest absolute Gasteiger partial charge is 0.411 e. The van der Waals surface area contributed by atoms with Crippen LogP contribution in [0.15, 0.2) is 12.2 Å². The summed E-state index contributed by atoms with van der Waals surface area (Å²) >= 11 is 0. The third kappa shape index (κ3) is 6.00. The highest BCUT2D eigenvalue weighted by Gasteiger charge is 2.41. The number of aliphatic hydroxyl groups excluding tert-OH is 1. The average Bonchev–Trinajstić information content (AvgIpc) is 2.75. The summed E-state index contributed by atoms with van der Waals surface area (Å²) in [5.41, 5.74) is 0. The molecule has 1 aliphatic rings. The quantitative estimate of drug-likeness (QED) is 0.538. The molecule has 0 radical (unpaired) electrons. The van der Waals surface area contributed by atoms with E-state index in [1.165, 1.54) is 0 Å². The number of hydrogen-bond acceptors (Lipinski definition) is 4.